The molecule has 1 aromatic heterocycles. The summed E-state index contributed by atoms with van der Waals surface area (Å²) in [6.07, 6.45) is 2.94. The van der Waals surface area contributed by atoms with Gasteiger partial charge in [-0.05, 0) is 61.2 Å². The van der Waals surface area contributed by atoms with Crippen molar-refractivity contribution in [3.63, 3.8) is 0 Å². The number of benzene rings is 3. The van der Waals surface area contributed by atoms with Crippen LogP contribution in [0, 0.1) is 0 Å². The van der Waals surface area contributed by atoms with Crippen molar-refractivity contribution in [1.82, 2.24) is 14.9 Å². The quantitative estimate of drug-likeness (QED) is 0.370. The number of carbonyl (C=O) groups is 2. The first-order valence-electron chi connectivity index (χ1n) is 13.8. The molecular weight excluding hydrogens is 506 g/mol. The number of amides is 2. The lowest BCUT2D eigenvalue weighted by atomic mass is 10.1. The van der Waals surface area contributed by atoms with Gasteiger partial charge in [-0.2, -0.15) is 0 Å². The van der Waals surface area contributed by atoms with Gasteiger partial charge in [0.2, 0.25) is 0 Å². The molecule has 2 aliphatic rings. The number of nitrogens with one attached hydrogen (secondary N) is 2. The molecule has 0 aliphatic carbocycles. The lowest BCUT2D eigenvalue weighted by molar-refractivity contribution is 0.0332. The van der Waals surface area contributed by atoms with E-state index in [4.69, 9.17) is 14.5 Å². The van der Waals surface area contributed by atoms with E-state index in [0.29, 0.717) is 41.2 Å². The fraction of sp³-hybridized carbons (Fsp3) is 0.323. The molecule has 40 heavy (non-hydrogen) atoms. The summed E-state index contributed by atoms with van der Waals surface area (Å²) in [6.45, 7) is 4.52. The first-order valence-corrected chi connectivity index (χ1v) is 13.8. The molecule has 9 heteroatoms. The minimum Gasteiger partial charge on any atom is -0.496 e. The van der Waals surface area contributed by atoms with E-state index in [1.54, 1.807) is 18.2 Å². The van der Waals surface area contributed by atoms with Crippen molar-refractivity contribution in [3.05, 3.63) is 83.2 Å². The molecule has 0 unspecified atom stereocenters. The molecule has 1 fully saturated rings. The lowest BCUT2D eigenvalue weighted by Crippen LogP contribution is -2.35. The van der Waals surface area contributed by atoms with Crippen LogP contribution in [0.2, 0.25) is 0 Å². The van der Waals surface area contributed by atoms with Gasteiger partial charge in [-0.25, -0.2) is 4.98 Å². The molecule has 9 nitrogen and oxygen atoms in total. The maximum absolute atomic E-state index is 13.6. The van der Waals surface area contributed by atoms with Crippen LogP contribution in [0.5, 0.6) is 5.75 Å². The third-order valence-corrected chi connectivity index (χ3v) is 7.59. The molecule has 4 aromatic rings. The van der Waals surface area contributed by atoms with Crippen LogP contribution in [-0.2, 0) is 17.7 Å². The van der Waals surface area contributed by atoms with Gasteiger partial charge in [0.15, 0.2) is 0 Å². The Labute approximate surface area is 233 Å². The fourth-order valence-electron chi connectivity index (χ4n) is 5.49. The Balaban J connectivity index is 1.22. The van der Waals surface area contributed by atoms with Crippen molar-refractivity contribution in [3.8, 4) is 5.75 Å². The summed E-state index contributed by atoms with van der Waals surface area (Å²) in [4.78, 5) is 39.3. The summed E-state index contributed by atoms with van der Waals surface area (Å²) < 4.78 is 11.0. The van der Waals surface area contributed by atoms with E-state index in [2.05, 4.69) is 21.3 Å². The fourth-order valence-corrected chi connectivity index (χ4v) is 5.49. The van der Waals surface area contributed by atoms with E-state index in [0.717, 1.165) is 62.6 Å². The number of aryl methyl sites for hydroxylation is 1. The first kappa shape index (κ1) is 26.0. The number of anilines is 2. The average Bonchev–Trinajstić information content (AvgIpc) is 3.28. The number of nitrogens with zero attached hydrogens (tertiary/aromatic N) is 3. The second kappa shape index (κ2) is 11.5. The topological polar surface area (TPSA) is 99.8 Å². The van der Waals surface area contributed by atoms with Crippen molar-refractivity contribution in [2.45, 2.75) is 25.8 Å². The number of imidazole rings is 1. The predicted molar refractivity (Wildman–Crippen MR) is 154 cm³/mol. The number of hydrogen-bond acceptors (Lipinski definition) is 6. The van der Waals surface area contributed by atoms with Crippen LogP contribution in [-0.4, -0.2) is 66.6 Å². The Morgan fingerprint density at radius 1 is 1.02 bits per heavy atom. The van der Waals surface area contributed by atoms with Crippen molar-refractivity contribution >= 4 is 34.2 Å². The second-order valence-corrected chi connectivity index (χ2v) is 10.2. The zero-order valence-corrected chi connectivity index (χ0v) is 22.6. The Morgan fingerprint density at radius 3 is 2.73 bits per heavy atom. The molecular formula is C31H33N5O4. The number of hydrogen-bond donors (Lipinski definition) is 2. The number of para-hydroxylation sites is 2. The van der Waals surface area contributed by atoms with E-state index in [1.807, 2.05) is 41.3 Å². The van der Waals surface area contributed by atoms with Crippen LogP contribution in [0.1, 0.15) is 44.9 Å². The van der Waals surface area contributed by atoms with Gasteiger partial charge in [0.05, 0.1) is 43.6 Å². The predicted octanol–water partition coefficient (Wildman–Crippen LogP) is 4.64. The van der Waals surface area contributed by atoms with Crippen LogP contribution < -0.4 is 15.0 Å². The molecule has 206 valence electrons. The molecule has 0 atom stereocenters. The van der Waals surface area contributed by atoms with Gasteiger partial charge in [0.1, 0.15) is 17.1 Å². The molecule has 0 saturated carbocycles. The van der Waals surface area contributed by atoms with E-state index in [1.165, 1.54) is 12.7 Å². The summed E-state index contributed by atoms with van der Waals surface area (Å²) in [5, 5.41) is 3.00. The highest BCUT2D eigenvalue weighted by Gasteiger charge is 2.24. The molecule has 2 aliphatic heterocycles. The zero-order valence-electron chi connectivity index (χ0n) is 22.6. The summed E-state index contributed by atoms with van der Waals surface area (Å²) in [5.41, 5.74) is 5.11. The van der Waals surface area contributed by atoms with Gasteiger partial charge in [0.25, 0.3) is 11.8 Å². The number of ether oxygens (including phenoxy) is 2. The average molecular weight is 540 g/mol. The lowest BCUT2D eigenvalue weighted by Gasteiger charge is -2.25. The molecule has 2 N–H and O–H groups in total. The van der Waals surface area contributed by atoms with Crippen molar-refractivity contribution in [2.75, 3.05) is 50.2 Å². The maximum Gasteiger partial charge on any atom is 0.259 e. The number of aromatic amines is 1. The van der Waals surface area contributed by atoms with Crippen LogP contribution in [0.15, 0.2) is 60.7 Å². The Hall–Kier alpha value is -4.21. The summed E-state index contributed by atoms with van der Waals surface area (Å²) in [5.74, 6) is 0.748. The third kappa shape index (κ3) is 5.30. The highest BCUT2D eigenvalue weighted by Crippen LogP contribution is 2.30. The van der Waals surface area contributed by atoms with Gasteiger partial charge in [0, 0.05) is 30.9 Å². The van der Waals surface area contributed by atoms with E-state index in [-0.39, 0.29) is 11.8 Å². The first-order chi connectivity index (χ1) is 19.6. The largest absolute Gasteiger partial charge is 0.496 e. The van der Waals surface area contributed by atoms with Crippen molar-refractivity contribution in [1.29, 1.82) is 0 Å². The molecule has 0 spiro atoms. The molecule has 3 aromatic carbocycles. The minimum absolute atomic E-state index is 0.103. The number of fused-ring (bicyclic) bond motifs is 2. The summed E-state index contributed by atoms with van der Waals surface area (Å²) >= 11 is 0. The Bertz CT molecular complexity index is 1540. The third-order valence-electron chi connectivity index (χ3n) is 7.59. The molecule has 0 bridgehead atoms. The SMILES string of the molecule is COc1cc(C(=O)N2CCCCc3ccccc32)ccc1C(=O)Nc1cccc2[nH]c(CN3CCOCC3)nc12. The standard InChI is InChI=1S/C31H33N5O4/c1-39-27-19-22(31(38)36-14-5-4-8-21-7-2-3-11-26(21)36)12-13-23(27)30(37)33-25-10-6-9-24-29(25)34-28(32-24)20-35-15-17-40-18-16-35/h2-3,6-7,9-13,19H,4-5,8,14-18,20H2,1H3,(H,32,34)(H,33,37). The number of carbonyl (C=O) groups excluding carboxylic acids is 2. The van der Waals surface area contributed by atoms with Gasteiger partial charge >= 0.3 is 0 Å². The van der Waals surface area contributed by atoms with E-state index in [9.17, 15) is 9.59 Å². The van der Waals surface area contributed by atoms with E-state index < -0.39 is 0 Å². The number of H-pyrrole nitrogens is 1. The highest BCUT2D eigenvalue weighted by atomic mass is 16.5. The highest BCUT2D eigenvalue weighted by molar-refractivity contribution is 6.11. The number of morpholine rings is 1. The monoisotopic (exact) mass is 539 g/mol. The second-order valence-electron chi connectivity index (χ2n) is 10.2. The smallest absolute Gasteiger partial charge is 0.259 e. The maximum atomic E-state index is 13.6. The minimum atomic E-state index is -0.332. The van der Waals surface area contributed by atoms with Crippen LogP contribution >= 0.6 is 0 Å². The number of aromatic nitrogens is 2. The van der Waals surface area contributed by atoms with Gasteiger partial charge in [-0.1, -0.05) is 24.3 Å². The summed E-state index contributed by atoms with van der Waals surface area (Å²) in [7, 11) is 1.51. The Morgan fingerprint density at radius 2 is 1.88 bits per heavy atom. The molecule has 6 rings (SSSR count). The number of methoxy groups -OCH3 is 1. The zero-order chi connectivity index (χ0) is 27.5. The van der Waals surface area contributed by atoms with Crippen molar-refractivity contribution in [2.24, 2.45) is 0 Å². The number of rotatable bonds is 6. The molecule has 1 saturated heterocycles. The van der Waals surface area contributed by atoms with Crippen molar-refractivity contribution < 1.29 is 19.1 Å². The molecule has 0 radical (unpaired) electrons. The summed E-state index contributed by atoms with van der Waals surface area (Å²) in [6, 6.07) is 18.7. The van der Waals surface area contributed by atoms with Gasteiger partial charge < -0.3 is 24.7 Å². The van der Waals surface area contributed by atoms with Crippen LogP contribution in [0.3, 0.4) is 0 Å². The molecule has 2 amide bonds. The van der Waals surface area contributed by atoms with E-state index >= 15 is 0 Å². The van der Waals surface area contributed by atoms with Crippen LogP contribution in [0.4, 0.5) is 11.4 Å². The van der Waals surface area contributed by atoms with Gasteiger partial charge in [-0.15, -0.1) is 0 Å². The molecule has 3 heterocycles. The Kier molecular flexibility index (Phi) is 7.48. The van der Waals surface area contributed by atoms with Gasteiger partial charge in [-0.3, -0.25) is 14.5 Å². The normalized spacial score (nSPS) is 15.9. The van der Waals surface area contributed by atoms with Crippen LogP contribution in [0.25, 0.3) is 11.0 Å².